The quantitative estimate of drug-likeness (QED) is 0.686. The number of carbonyl (C=O) groups excluding carboxylic acids is 2. The summed E-state index contributed by atoms with van der Waals surface area (Å²) < 4.78 is 11.2. The lowest BCUT2D eigenvalue weighted by atomic mass is 9.80. The molecule has 0 atom stereocenters. The molecule has 2 aromatic carbocycles. The Morgan fingerprint density at radius 1 is 0.935 bits per heavy atom. The van der Waals surface area contributed by atoms with Gasteiger partial charge in [-0.15, -0.1) is 0 Å². The van der Waals surface area contributed by atoms with Crippen molar-refractivity contribution < 1.29 is 24.3 Å². The Morgan fingerprint density at radius 3 is 2.00 bits per heavy atom. The number of hydrogen-bond donors (Lipinski definition) is 1. The summed E-state index contributed by atoms with van der Waals surface area (Å²) >= 11 is 0. The van der Waals surface area contributed by atoms with Crippen molar-refractivity contribution in [3.63, 3.8) is 0 Å². The molecular weight excluding hydrogens is 394 g/mol. The minimum atomic E-state index is -0.570. The number of carbonyl (C=O) groups is 2. The van der Waals surface area contributed by atoms with E-state index in [4.69, 9.17) is 9.47 Å². The van der Waals surface area contributed by atoms with Crippen LogP contribution in [0.4, 0.5) is 0 Å². The molecule has 6 heteroatoms. The molecule has 0 unspecified atom stereocenters. The SMILES string of the molecule is Cc1ccc(COC(=O)c2ccccc2C(=O)OC2CC(C)(C)N(O)C(C)(C)C2)cc1. The van der Waals surface area contributed by atoms with Crippen molar-refractivity contribution in [1.29, 1.82) is 0 Å². The molecule has 31 heavy (non-hydrogen) atoms. The molecule has 0 saturated carbocycles. The molecule has 166 valence electrons. The largest absolute Gasteiger partial charge is 0.459 e. The van der Waals surface area contributed by atoms with E-state index in [0.717, 1.165) is 11.1 Å². The minimum Gasteiger partial charge on any atom is -0.459 e. The van der Waals surface area contributed by atoms with Crippen molar-refractivity contribution in [3.05, 3.63) is 70.8 Å². The highest BCUT2D eigenvalue weighted by Crippen LogP contribution is 2.38. The van der Waals surface area contributed by atoms with Gasteiger partial charge in [-0.25, -0.2) is 9.59 Å². The molecule has 1 saturated heterocycles. The van der Waals surface area contributed by atoms with Crippen LogP contribution in [0.1, 0.15) is 72.4 Å². The van der Waals surface area contributed by atoms with Crippen molar-refractivity contribution in [2.24, 2.45) is 0 Å². The molecule has 2 aromatic rings. The zero-order valence-corrected chi connectivity index (χ0v) is 18.8. The average molecular weight is 426 g/mol. The monoisotopic (exact) mass is 425 g/mol. The maximum atomic E-state index is 12.9. The number of rotatable bonds is 5. The molecule has 0 aliphatic carbocycles. The standard InChI is InChI=1S/C25H31NO5/c1-17-10-12-18(13-11-17)16-30-22(27)20-8-6-7-9-21(20)23(28)31-19-14-24(2,3)26(29)25(4,5)15-19/h6-13,19,29H,14-16H2,1-5H3. The third-order valence-corrected chi connectivity index (χ3v) is 5.73. The zero-order chi connectivity index (χ0) is 22.8. The van der Waals surface area contributed by atoms with Gasteiger partial charge >= 0.3 is 11.9 Å². The highest BCUT2D eigenvalue weighted by Gasteiger charge is 2.46. The predicted octanol–water partition coefficient (Wildman–Crippen LogP) is 4.92. The highest BCUT2D eigenvalue weighted by atomic mass is 16.6. The Hall–Kier alpha value is -2.70. The number of ether oxygens (including phenoxy) is 2. The van der Waals surface area contributed by atoms with Crippen LogP contribution in [0.3, 0.4) is 0 Å². The first-order chi connectivity index (χ1) is 14.5. The van der Waals surface area contributed by atoms with Crippen molar-refractivity contribution in [1.82, 2.24) is 5.06 Å². The van der Waals surface area contributed by atoms with Crippen LogP contribution in [0.2, 0.25) is 0 Å². The van der Waals surface area contributed by atoms with Crippen LogP contribution in [0, 0.1) is 6.92 Å². The first-order valence-corrected chi connectivity index (χ1v) is 10.5. The second kappa shape index (κ2) is 8.81. The van der Waals surface area contributed by atoms with Gasteiger partial charge in [0.25, 0.3) is 0 Å². The number of piperidine rings is 1. The summed E-state index contributed by atoms with van der Waals surface area (Å²) in [6.45, 7) is 9.75. The van der Waals surface area contributed by atoms with Crippen LogP contribution >= 0.6 is 0 Å². The van der Waals surface area contributed by atoms with Crippen LogP contribution in [-0.2, 0) is 16.1 Å². The molecule has 0 radical (unpaired) electrons. The van der Waals surface area contributed by atoms with E-state index in [1.807, 2.05) is 58.9 Å². The van der Waals surface area contributed by atoms with E-state index in [9.17, 15) is 14.8 Å². The van der Waals surface area contributed by atoms with Gasteiger partial charge in [0.15, 0.2) is 0 Å². The van der Waals surface area contributed by atoms with Gasteiger partial charge in [0.05, 0.1) is 11.1 Å². The van der Waals surface area contributed by atoms with Crippen molar-refractivity contribution in [3.8, 4) is 0 Å². The number of hydroxylamine groups is 2. The van der Waals surface area contributed by atoms with E-state index < -0.39 is 23.0 Å². The first kappa shape index (κ1) is 23.0. The van der Waals surface area contributed by atoms with Gasteiger partial charge in [-0.3, -0.25) is 0 Å². The van der Waals surface area contributed by atoms with Crippen LogP contribution in [0.15, 0.2) is 48.5 Å². The Balaban J connectivity index is 1.71. The van der Waals surface area contributed by atoms with Gasteiger partial charge in [0.2, 0.25) is 0 Å². The number of hydrogen-bond acceptors (Lipinski definition) is 6. The van der Waals surface area contributed by atoms with Crippen molar-refractivity contribution in [2.75, 3.05) is 0 Å². The van der Waals surface area contributed by atoms with Gasteiger partial charge in [-0.2, -0.15) is 5.06 Å². The number of nitrogens with zero attached hydrogens (tertiary/aromatic N) is 1. The van der Waals surface area contributed by atoms with Gasteiger partial charge in [-0.05, 0) is 52.3 Å². The smallest absolute Gasteiger partial charge is 0.339 e. The Bertz CT molecular complexity index is 931. The summed E-state index contributed by atoms with van der Waals surface area (Å²) in [5.74, 6) is -1.13. The van der Waals surface area contributed by atoms with E-state index >= 15 is 0 Å². The maximum Gasteiger partial charge on any atom is 0.339 e. The number of benzene rings is 2. The molecule has 0 amide bonds. The summed E-state index contributed by atoms with van der Waals surface area (Å²) in [4.78, 5) is 25.6. The number of esters is 2. The third kappa shape index (κ3) is 5.32. The van der Waals surface area contributed by atoms with E-state index in [-0.39, 0.29) is 23.8 Å². The van der Waals surface area contributed by atoms with E-state index in [1.54, 1.807) is 24.3 Å². The fourth-order valence-corrected chi connectivity index (χ4v) is 4.23. The van der Waals surface area contributed by atoms with Crippen molar-refractivity contribution >= 4 is 11.9 Å². The zero-order valence-electron chi connectivity index (χ0n) is 18.8. The third-order valence-electron chi connectivity index (χ3n) is 5.73. The lowest BCUT2D eigenvalue weighted by Gasteiger charge is -2.50. The molecule has 0 aromatic heterocycles. The molecule has 3 rings (SSSR count). The summed E-state index contributed by atoms with van der Waals surface area (Å²) in [5.41, 5.74) is 1.27. The van der Waals surface area contributed by atoms with Gasteiger partial charge < -0.3 is 14.7 Å². The Morgan fingerprint density at radius 2 is 1.45 bits per heavy atom. The molecule has 1 aliphatic rings. The summed E-state index contributed by atoms with van der Waals surface area (Å²) in [6, 6.07) is 14.2. The predicted molar refractivity (Wildman–Crippen MR) is 117 cm³/mol. The average Bonchev–Trinajstić information content (AvgIpc) is 2.71. The van der Waals surface area contributed by atoms with Gasteiger partial charge in [0, 0.05) is 23.9 Å². The van der Waals surface area contributed by atoms with Gasteiger partial charge in [-0.1, -0.05) is 42.0 Å². The normalized spacial score (nSPS) is 18.4. The minimum absolute atomic E-state index is 0.125. The number of aryl methyl sites for hydroxylation is 1. The molecule has 1 heterocycles. The Labute approximate surface area is 183 Å². The maximum absolute atomic E-state index is 12.9. The fraction of sp³-hybridized carbons (Fsp3) is 0.440. The second-order valence-corrected chi connectivity index (χ2v) is 9.48. The highest BCUT2D eigenvalue weighted by molar-refractivity contribution is 6.03. The molecule has 1 aliphatic heterocycles. The van der Waals surface area contributed by atoms with Crippen LogP contribution < -0.4 is 0 Å². The van der Waals surface area contributed by atoms with Crippen LogP contribution in [-0.4, -0.2) is 39.4 Å². The van der Waals surface area contributed by atoms with Gasteiger partial charge in [0.1, 0.15) is 12.7 Å². The second-order valence-electron chi connectivity index (χ2n) is 9.48. The van der Waals surface area contributed by atoms with E-state index in [0.29, 0.717) is 12.8 Å². The van der Waals surface area contributed by atoms with Crippen LogP contribution in [0.25, 0.3) is 0 Å². The summed E-state index contributed by atoms with van der Waals surface area (Å²) in [7, 11) is 0. The van der Waals surface area contributed by atoms with Crippen LogP contribution in [0.5, 0.6) is 0 Å². The Kier molecular flexibility index (Phi) is 6.53. The molecular formula is C25H31NO5. The molecule has 6 nitrogen and oxygen atoms in total. The van der Waals surface area contributed by atoms with E-state index in [1.165, 1.54) is 5.06 Å². The van der Waals surface area contributed by atoms with E-state index in [2.05, 4.69) is 0 Å². The lowest BCUT2D eigenvalue weighted by molar-refractivity contribution is -0.256. The first-order valence-electron chi connectivity index (χ1n) is 10.5. The lowest BCUT2D eigenvalue weighted by Crippen LogP contribution is -2.60. The summed E-state index contributed by atoms with van der Waals surface area (Å²) in [5, 5.41) is 11.8. The molecule has 1 N–H and O–H groups in total. The fourth-order valence-electron chi connectivity index (χ4n) is 4.23. The van der Waals surface area contributed by atoms with Crippen molar-refractivity contribution in [2.45, 2.75) is 71.2 Å². The summed E-state index contributed by atoms with van der Waals surface area (Å²) in [6.07, 6.45) is 0.592. The topological polar surface area (TPSA) is 76.1 Å². The molecule has 1 fully saturated rings. The molecule has 0 spiro atoms. The molecule has 0 bridgehead atoms.